The fourth-order valence-electron chi connectivity index (χ4n) is 2.18. The average molecular weight is 286 g/mol. The molecule has 21 heavy (non-hydrogen) atoms. The van der Waals surface area contributed by atoms with Gasteiger partial charge in [-0.25, -0.2) is 4.39 Å². The molecule has 0 aromatic heterocycles. The van der Waals surface area contributed by atoms with Crippen LogP contribution in [0.3, 0.4) is 0 Å². The molecule has 0 aliphatic carbocycles. The van der Waals surface area contributed by atoms with Crippen LogP contribution in [-0.4, -0.2) is 5.91 Å². The molecule has 1 unspecified atom stereocenters. The SMILES string of the molecule is CC(NC(=O)CCc1ccccc1N)c1cccc(F)c1. The van der Waals surface area contributed by atoms with Gasteiger partial charge in [-0.1, -0.05) is 30.3 Å². The Hall–Kier alpha value is -2.36. The van der Waals surface area contributed by atoms with Crippen molar-refractivity contribution in [2.24, 2.45) is 0 Å². The zero-order valence-corrected chi connectivity index (χ0v) is 12.0. The van der Waals surface area contributed by atoms with Gasteiger partial charge in [0.2, 0.25) is 5.91 Å². The topological polar surface area (TPSA) is 55.1 Å². The summed E-state index contributed by atoms with van der Waals surface area (Å²) >= 11 is 0. The molecule has 3 N–H and O–H groups in total. The minimum atomic E-state index is -0.300. The number of hydrogen-bond acceptors (Lipinski definition) is 2. The zero-order valence-electron chi connectivity index (χ0n) is 12.0. The van der Waals surface area contributed by atoms with E-state index in [4.69, 9.17) is 5.73 Å². The lowest BCUT2D eigenvalue weighted by atomic mass is 10.1. The van der Waals surface area contributed by atoms with E-state index >= 15 is 0 Å². The summed E-state index contributed by atoms with van der Waals surface area (Å²) < 4.78 is 13.2. The van der Waals surface area contributed by atoms with Crippen LogP contribution in [0.1, 0.15) is 30.5 Å². The molecule has 0 fully saturated rings. The zero-order chi connectivity index (χ0) is 15.2. The molecular formula is C17H19FN2O. The van der Waals surface area contributed by atoms with Crippen LogP contribution in [-0.2, 0) is 11.2 Å². The summed E-state index contributed by atoms with van der Waals surface area (Å²) in [5.74, 6) is -0.374. The van der Waals surface area contributed by atoms with Crippen molar-refractivity contribution >= 4 is 11.6 Å². The number of amides is 1. The lowest BCUT2D eigenvalue weighted by molar-refractivity contribution is -0.121. The highest BCUT2D eigenvalue weighted by atomic mass is 19.1. The summed E-state index contributed by atoms with van der Waals surface area (Å²) in [6, 6.07) is 13.5. The molecule has 0 saturated carbocycles. The second kappa shape index (κ2) is 6.88. The maximum absolute atomic E-state index is 13.2. The molecular weight excluding hydrogens is 267 g/mol. The van der Waals surface area contributed by atoms with E-state index in [1.54, 1.807) is 12.1 Å². The second-order valence-electron chi connectivity index (χ2n) is 5.04. The van der Waals surface area contributed by atoms with Crippen molar-refractivity contribution in [2.75, 3.05) is 5.73 Å². The Labute approximate surface area is 124 Å². The number of carbonyl (C=O) groups is 1. The fourth-order valence-corrected chi connectivity index (χ4v) is 2.18. The van der Waals surface area contributed by atoms with Gasteiger partial charge >= 0.3 is 0 Å². The van der Waals surface area contributed by atoms with E-state index in [9.17, 15) is 9.18 Å². The Kier molecular flexibility index (Phi) is 4.93. The monoisotopic (exact) mass is 286 g/mol. The molecule has 0 spiro atoms. The van der Waals surface area contributed by atoms with Crippen molar-refractivity contribution in [3.63, 3.8) is 0 Å². The van der Waals surface area contributed by atoms with Crippen LogP contribution in [0.5, 0.6) is 0 Å². The van der Waals surface area contributed by atoms with Crippen LogP contribution in [0, 0.1) is 5.82 Å². The summed E-state index contributed by atoms with van der Waals surface area (Å²) in [6.07, 6.45) is 0.947. The number of hydrogen-bond donors (Lipinski definition) is 2. The summed E-state index contributed by atoms with van der Waals surface area (Å²) in [7, 11) is 0. The van der Waals surface area contributed by atoms with E-state index in [0.717, 1.165) is 11.1 Å². The second-order valence-corrected chi connectivity index (χ2v) is 5.04. The standard InChI is InChI=1S/C17H19FN2O/c1-12(14-6-4-7-15(18)11-14)20-17(21)10-9-13-5-2-3-8-16(13)19/h2-8,11-12H,9-10,19H2,1H3,(H,20,21). The predicted molar refractivity (Wildman–Crippen MR) is 82.1 cm³/mol. The first kappa shape index (κ1) is 15.0. The van der Waals surface area contributed by atoms with Gasteiger partial charge in [-0.15, -0.1) is 0 Å². The van der Waals surface area contributed by atoms with Crippen molar-refractivity contribution in [1.82, 2.24) is 5.32 Å². The number of anilines is 1. The average Bonchev–Trinajstić information content (AvgIpc) is 2.46. The number of rotatable bonds is 5. The maximum Gasteiger partial charge on any atom is 0.220 e. The quantitative estimate of drug-likeness (QED) is 0.829. The highest BCUT2D eigenvalue weighted by Gasteiger charge is 2.10. The van der Waals surface area contributed by atoms with E-state index in [0.29, 0.717) is 18.5 Å². The molecule has 0 saturated heterocycles. The van der Waals surface area contributed by atoms with Gasteiger partial charge in [0.05, 0.1) is 6.04 Å². The normalized spacial score (nSPS) is 11.9. The highest BCUT2D eigenvalue weighted by Crippen LogP contribution is 2.15. The minimum Gasteiger partial charge on any atom is -0.399 e. The van der Waals surface area contributed by atoms with E-state index in [1.165, 1.54) is 12.1 Å². The van der Waals surface area contributed by atoms with E-state index in [2.05, 4.69) is 5.32 Å². The van der Waals surface area contributed by atoms with Gasteiger partial charge in [-0.3, -0.25) is 4.79 Å². The number of nitrogens with two attached hydrogens (primary N) is 1. The summed E-state index contributed by atoms with van der Waals surface area (Å²) in [6.45, 7) is 1.84. The minimum absolute atomic E-state index is 0.0741. The fraction of sp³-hybridized carbons (Fsp3) is 0.235. The van der Waals surface area contributed by atoms with Gasteiger partial charge in [-0.2, -0.15) is 0 Å². The van der Waals surface area contributed by atoms with Gasteiger partial charge < -0.3 is 11.1 Å². The van der Waals surface area contributed by atoms with Gasteiger partial charge in [0.1, 0.15) is 5.82 Å². The van der Waals surface area contributed by atoms with Crippen molar-refractivity contribution < 1.29 is 9.18 Å². The Morgan fingerprint density at radius 1 is 1.24 bits per heavy atom. The van der Waals surface area contributed by atoms with Crippen molar-refractivity contribution in [3.05, 3.63) is 65.5 Å². The molecule has 2 rings (SSSR count). The van der Waals surface area contributed by atoms with Crippen LogP contribution in [0.15, 0.2) is 48.5 Å². The lowest BCUT2D eigenvalue weighted by Gasteiger charge is -2.14. The Morgan fingerprint density at radius 2 is 2.00 bits per heavy atom. The molecule has 0 aliphatic heterocycles. The third kappa shape index (κ3) is 4.31. The van der Waals surface area contributed by atoms with Gasteiger partial charge in [0, 0.05) is 12.1 Å². The van der Waals surface area contributed by atoms with E-state index < -0.39 is 0 Å². The number of benzene rings is 2. The van der Waals surface area contributed by atoms with E-state index in [1.807, 2.05) is 31.2 Å². The molecule has 110 valence electrons. The molecule has 2 aromatic carbocycles. The third-order valence-corrected chi connectivity index (χ3v) is 3.40. The van der Waals surface area contributed by atoms with Crippen molar-refractivity contribution in [1.29, 1.82) is 0 Å². The van der Waals surface area contributed by atoms with E-state index in [-0.39, 0.29) is 17.8 Å². The van der Waals surface area contributed by atoms with Crippen LogP contribution in [0.25, 0.3) is 0 Å². The van der Waals surface area contributed by atoms with Crippen LogP contribution in [0.4, 0.5) is 10.1 Å². The number of para-hydroxylation sites is 1. The first-order valence-corrected chi connectivity index (χ1v) is 6.94. The summed E-state index contributed by atoms with van der Waals surface area (Å²) in [5.41, 5.74) is 8.26. The van der Waals surface area contributed by atoms with Crippen LogP contribution >= 0.6 is 0 Å². The van der Waals surface area contributed by atoms with Crippen molar-refractivity contribution in [2.45, 2.75) is 25.8 Å². The van der Waals surface area contributed by atoms with Crippen molar-refractivity contribution in [3.8, 4) is 0 Å². The van der Waals surface area contributed by atoms with Gasteiger partial charge in [0.15, 0.2) is 0 Å². The molecule has 1 amide bonds. The Bertz CT molecular complexity index is 628. The number of nitrogen functional groups attached to an aromatic ring is 1. The molecule has 0 radical (unpaired) electrons. The molecule has 0 heterocycles. The summed E-state index contributed by atoms with van der Waals surface area (Å²) in [4.78, 5) is 12.0. The van der Waals surface area contributed by atoms with Crippen LogP contribution < -0.4 is 11.1 Å². The van der Waals surface area contributed by atoms with Crippen LogP contribution in [0.2, 0.25) is 0 Å². The molecule has 2 aromatic rings. The highest BCUT2D eigenvalue weighted by molar-refractivity contribution is 5.77. The smallest absolute Gasteiger partial charge is 0.220 e. The number of carbonyl (C=O) groups excluding carboxylic acids is 1. The number of nitrogens with one attached hydrogen (secondary N) is 1. The molecule has 1 atom stereocenters. The predicted octanol–water partition coefficient (Wildman–Crippen LogP) is 3.22. The van der Waals surface area contributed by atoms with Gasteiger partial charge in [-0.05, 0) is 42.7 Å². The first-order chi connectivity index (χ1) is 10.1. The Balaban J connectivity index is 1.89. The number of aryl methyl sites for hydroxylation is 1. The molecule has 3 nitrogen and oxygen atoms in total. The van der Waals surface area contributed by atoms with Gasteiger partial charge in [0.25, 0.3) is 0 Å². The Morgan fingerprint density at radius 3 is 2.71 bits per heavy atom. The first-order valence-electron chi connectivity index (χ1n) is 6.94. The molecule has 0 aliphatic rings. The molecule has 0 bridgehead atoms. The summed E-state index contributed by atoms with van der Waals surface area (Å²) in [5, 5.41) is 2.87. The molecule has 4 heteroatoms. The third-order valence-electron chi connectivity index (χ3n) is 3.40. The lowest BCUT2D eigenvalue weighted by Crippen LogP contribution is -2.26. The largest absolute Gasteiger partial charge is 0.399 e. The maximum atomic E-state index is 13.2. The number of halogens is 1.